The van der Waals surface area contributed by atoms with Crippen LogP contribution in [0.25, 0.3) is 22.2 Å². The first-order chi connectivity index (χ1) is 15.0. The molecule has 4 aromatic rings. The fourth-order valence-electron chi connectivity index (χ4n) is 3.59. The van der Waals surface area contributed by atoms with Crippen molar-refractivity contribution in [3.63, 3.8) is 0 Å². The number of halogens is 1. The molecule has 0 bridgehead atoms. The molecule has 4 rings (SSSR count). The molecule has 3 aromatic carbocycles. The number of nitrogens with zero attached hydrogens (tertiary/aromatic N) is 1. The topological polar surface area (TPSA) is 78.5 Å². The number of anilines is 2. The maximum Gasteiger partial charge on any atom is 0.417 e. The van der Waals surface area contributed by atoms with Gasteiger partial charge < -0.3 is 19.8 Å². The second kappa shape index (κ2) is 8.39. The molecule has 0 aliphatic rings. The van der Waals surface area contributed by atoms with E-state index in [2.05, 4.69) is 16.8 Å². The number of carbonyl (C=O) groups is 1. The van der Waals surface area contributed by atoms with Crippen LogP contribution in [0.2, 0.25) is 0 Å². The maximum absolute atomic E-state index is 13.0. The first-order valence-electron chi connectivity index (χ1n) is 9.80. The maximum atomic E-state index is 13.0. The van der Waals surface area contributed by atoms with Crippen LogP contribution in [-0.2, 0) is 6.54 Å². The molecular formula is C24H22FN3O3. The van der Waals surface area contributed by atoms with Gasteiger partial charge in [0.05, 0.1) is 24.0 Å². The zero-order valence-electron chi connectivity index (χ0n) is 17.2. The van der Waals surface area contributed by atoms with Crippen molar-refractivity contribution in [1.82, 2.24) is 4.57 Å². The molecule has 0 unspecified atom stereocenters. The van der Waals surface area contributed by atoms with Gasteiger partial charge in [0.15, 0.2) is 0 Å². The van der Waals surface area contributed by atoms with Crippen molar-refractivity contribution in [3.05, 3.63) is 72.5 Å². The molecule has 0 saturated carbocycles. The normalized spacial score (nSPS) is 10.8. The molecule has 7 heteroatoms. The molecule has 0 spiro atoms. The summed E-state index contributed by atoms with van der Waals surface area (Å²) in [6.07, 6.45) is -0.659. The highest BCUT2D eigenvalue weighted by Gasteiger charge is 2.16. The molecule has 0 fully saturated rings. The number of nitrogens with one attached hydrogen (secondary N) is 1. The van der Waals surface area contributed by atoms with E-state index in [9.17, 15) is 9.18 Å². The summed E-state index contributed by atoms with van der Waals surface area (Å²) in [5.41, 5.74) is 10.6. The number of carbonyl (C=O) groups excluding carboxylic acids is 1. The third kappa shape index (κ3) is 4.02. The lowest BCUT2D eigenvalue weighted by Crippen LogP contribution is -2.16. The second-order valence-electron chi connectivity index (χ2n) is 6.94. The van der Waals surface area contributed by atoms with E-state index in [-0.39, 0.29) is 5.75 Å². The van der Waals surface area contributed by atoms with E-state index in [1.165, 1.54) is 24.3 Å². The number of aromatic nitrogens is 1. The standard InChI is InChI=1S/C24H22FN3O3/c1-3-28-21-14-19(30-2)12-13-20(21)22(26)23(28)15-4-8-17(9-5-15)27-24(29)31-18-10-6-16(25)7-11-18/h4-14H,3,26H2,1-2H3,(H,27,29). The Balaban J connectivity index is 1.58. The van der Waals surface area contributed by atoms with Crippen molar-refractivity contribution in [1.29, 1.82) is 0 Å². The molecule has 6 nitrogen and oxygen atoms in total. The molecule has 0 aliphatic carbocycles. The van der Waals surface area contributed by atoms with E-state index < -0.39 is 11.9 Å². The van der Waals surface area contributed by atoms with Crippen LogP contribution in [0.3, 0.4) is 0 Å². The summed E-state index contributed by atoms with van der Waals surface area (Å²) in [5.74, 6) is 0.627. The number of nitrogen functional groups attached to an aromatic ring is 1. The molecule has 0 radical (unpaired) electrons. The highest BCUT2D eigenvalue weighted by atomic mass is 19.1. The van der Waals surface area contributed by atoms with Crippen LogP contribution >= 0.6 is 0 Å². The Morgan fingerprint density at radius 3 is 2.35 bits per heavy atom. The van der Waals surface area contributed by atoms with Crippen LogP contribution < -0.4 is 20.5 Å². The fourth-order valence-corrected chi connectivity index (χ4v) is 3.59. The number of rotatable bonds is 5. The largest absolute Gasteiger partial charge is 0.497 e. The Morgan fingerprint density at radius 2 is 1.71 bits per heavy atom. The highest BCUT2D eigenvalue weighted by molar-refractivity contribution is 6.01. The number of hydrogen-bond acceptors (Lipinski definition) is 4. The molecule has 31 heavy (non-hydrogen) atoms. The number of benzene rings is 3. The number of hydrogen-bond donors (Lipinski definition) is 2. The average molecular weight is 419 g/mol. The second-order valence-corrected chi connectivity index (χ2v) is 6.94. The first-order valence-corrected chi connectivity index (χ1v) is 9.80. The zero-order chi connectivity index (χ0) is 22.0. The SMILES string of the molecule is CCn1c(-c2ccc(NC(=O)Oc3ccc(F)cc3)cc2)c(N)c2ccc(OC)cc21. The predicted octanol–water partition coefficient (Wildman–Crippen LogP) is 5.67. The van der Waals surface area contributed by atoms with E-state index in [4.69, 9.17) is 15.2 Å². The smallest absolute Gasteiger partial charge is 0.417 e. The summed E-state index contributed by atoms with van der Waals surface area (Å²) < 4.78 is 25.6. The van der Waals surface area contributed by atoms with E-state index in [0.29, 0.717) is 11.4 Å². The van der Waals surface area contributed by atoms with Crippen LogP contribution in [-0.4, -0.2) is 17.8 Å². The first kappa shape index (κ1) is 20.3. The van der Waals surface area contributed by atoms with Crippen LogP contribution in [0.5, 0.6) is 11.5 Å². The lowest BCUT2D eigenvalue weighted by atomic mass is 10.1. The van der Waals surface area contributed by atoms with E-state index in [1.807, 2.05) is 30.3 Å². The van der Waals surface area contributed by atoms with Gasteiger partial charge in [0.2, 0.25) is 0 Å². The fraction of sp³-hybridized carbons (Fsp3) is 0.125. The van der Waals surface area contributed by atoms with Crippen LogP contribution in [0.4, 0.5) is 20.6 Å². The van der Waals surface area contributed by atoms with Gasteiger partial charge in [-0.2, -0.15) is 0 Å². The Kier molecular flexibility index (Phi) is 5.49. The van der Waals surface area contributed by atoms with Gasteiger partial charge in [-0.25, -0.2) is 9.18 Å². The minimum atomic E-state index is -0.659. The molecule has 3 N–H and O–H groups in total. The summed E-state index contributed by atoms with van der Waals surface area (Å²) in [7, 11) is 1.64. The summed E-state index contributed by atoms with van der Waals surface area (Å²) in [4.78, 5) is 12.1. The number of methoxy groups -OCH3 is 1. The Hall–Kier alpha value is -4.00. The van der Waals surface area contributed by atoms with Crippen molar-refractivity contribution in [2.24, 2.45) is 0 Å². The molecule has 1 aromatic heterocycles. The summed E-state index contributed by atoms with van der Waals surface area (Å²) in [5, 5.41) is 3.62. The van der Waals surface area contributed by atoms with Gasteiger partial charge in [-0.15, -0.1) is 0 Å². The van der Waals surface area contributed by atoms with Gasteiger partial charge in [0.25, 0.3) is 0 Å². The van der Waals surface area contributed by atoms with Gasteiger partial charge in [-0.1, -0.05) is 12.1 Å². The lowest BCUT2D eigenvalue weighted by Gasteiger charge is -2.11. The quantitative estimate of drug-likeness (QED) is 0.437. The molecular weight excluding hydrogens is 397 g/mol. The number of nitrogens with two attached hydrogens (primary N) is 1. The summed E-state index contributed by atoms with van der Waals surface area (Å²) >= 11 is 0. The molecule has 1 heterocycles. The predicted molar refractivity (Wildman–Crippen MR) is 120 cm³/mol. The zero-order valence-corrected chi connectivity index (χ0v) is 17.2. The molecule has 0 saturated heterocycles. The average Bonchev–Trinajstić information content (AvgIpc) is 3.06. The van der Waals surface area contributed by atoms with Crippen molar-refractivity contribution in [2.45, 2.75) is 13.5 Å². The van der Waals surface area contributed by atoms with Crippen molar-refractivity contribution < 1.29 is 18.7 Å². The minimum absolute atomic E-state index is 0.256. The van der Waals surface area contributed by atoms with Gasteiger partial charge >= 0.3 is 6.09 Å². The Labute approximate surface area is 179 Å². The van der Waals surface area contributed by atoms with E-state index >= 15 is 0 Å². The molecule has 0 atom stereocenters. The van der Waals surface area contributed by atoms with Crippen LogP contribution in [0.1, 0.15) is 6.92 Å². The summed E-state index contributed by atoms with van der Waals surface area (Å²) in [6, 6.07) is 18.4. The minimum Gasteiger partial charge on any atom is -0.497 e. The highest BCUT2D eigenvalue weighted by Crippen LogP contribution is 2.38. The van der Waals surface area contributed by atoms with Gasteiger partial charge in [0, 0.05) is 29.2 Å². The van der Waals surface area contributed by atoms with Crippen LogP contribution in [0, 0.1) is 5.82 Å². The van der Waals surface area contributed by atoms with E-state index in [0.717, 1.165) is 34.5 Å². The lowest BCUT2D eigenvalue weighted by molar-refractivity contribution is 0.215. The number of fused-ring (bicyclic) bond motifs is 1. The third-order valence-electron chi connectivity index (χ3n) is 5.06. The summed E-state index contributed by atoms with van der Waals surface area (Å²) in [6.45, 7) is 2.80. The van der Waals surface area contributed by atoms with Crippen molar-refractivity contribution >= 4 is 28.4 Å². The van der Waals surface area contributed by atoms with Crippen molar-refractivity contribution in [3.8, 4) is 22.8 Å². The molecule has 0 aliphatic heterocycles. The number of ether oxygens (including phenoxy) is 2. The van der Waals surface area contributed by atoms with Gasteiger partial charge in [-0.3, -0.25) is 5.32 Å². The van der Waals surface area contributed by atoms with Crippen molar-refractivity contribution in [2.75, 3.05) is 18.2 Å². The molecule has 158 valence electrons. The Bertz CT molecular complexity index is 1230. The van der Waals surface area contributed by atoms with Crippen LogP contribution in [0.15, 0.2) is 66.7 Å². The third-order valence-corrected chi connectivity index (χ3v) is 5.06. The number of amides is 1. The van der Waals surface area contributed by atoms with E-state index in [1.54, 1.807) is 19.2 Å². The monoisotopic (exact) mass is 419 g/mol. The Morgan fingerprint density at radius 1 is 1.03 bits per heavy atom. The number of aryl methyl sites for hydroxylation is 1. The van der Waals surface area contributed by atoms with Gasteiger partial charge in [-0.05, 0) is 55.5 Å². The van der Waals surface area contributed by atoms with Gasteiger partial charge in [0.1, 0.15) is 17.3 Å². The molecule has 1 amide bonds.